The number of carbonyl (C=O) groups is 1. The monoisotopic (exact) mass is 388 g/mol. The van der Waals surface area contributed by atoms with Gasteiger partial charge < -0.3 is 4.98 Å². The molecule has 0 aliphatic carbocycles. The van der Waals surface area contributed by atoms with E-state index >= 15 is 0 Å². The van der Waals surface area contributed by atoms with Crippen LogP contribution in [0.5, 0.6) is 0 Å². The van der Waals surface area contributed by atoms with Crippen molar-refractivity contribution in [3.63, 3.8) is 0 Å². The van der Waals surface area contributed by atoms with E-state index in [1.165, 1.54) is 6.08 Å². The number of allylic oxidation sites excluding steroid dienone is 2. The first kappa shape index (κ1) is 19.3. The largest absolute Gasteiger partial charge is 0.322 e. The molecule has 0 unspecified atom stereocenters. The number of ketones is 1. The van der Waals surface area contributed by atoms with Gasteiger partial charge in [-0.1, -0.05) is 61.2 Å². The normalized spacial score (nSPS) is 11.7. The summed E-state index contributed by atoms with van der Waals surface area (Å²) in [6, 6.07) is 14.5. The van der Waals surface area contributed by atoms with Crippen molar-refractivity contribution < 1.29 is 4.79 Å². The molecule has 28 heavy (non-hydrogen) atoms. The summed E-state index contributed by atoms with van der Waals surface area (Å²) >= 11 is 5.98. The van der Waals surface area contributed by atoms with Crippen molar-refractivity contribution in [1.82, 2.24) is 9.97 Å². The van der Waals surface area contributed by atoms with Crippen LogP contribution >= 0.6 is 11.6 Å². The molecule has 0 aliphatic heterocycles. The minimum atomic E-state index is -0.517. The molecule has 4 nitrogen and oxygen atoms in total. The molecule has 0 bridgehead atoms. The first-order valence-electron chi connectivity index (χ1n) is 8.47. The Hall–Kier alpha value is -3.50. The van der Waals surface area contributed by atoms with E-state index in [0.717, 1.165) is 0 Å². The van der Waals surface area contributed by atoms with Gasteiger partial charge >= 0.3 is 0 Å². The molecule has 1 aromatic carbocycles. The van der Waals surface area contributed by atoms with Crippen molar-refractivity contribution in [3.05, 3.63) is 105 Å². The number of benzene rings is 1. The summed E-state index contributed by atoms with van der Waals surface area (Å²) in [6.45, 7) is 7.57. The van der Waals surface area contributed by atoms with E-state index in [2.05, 4.69) is 23.1 Å². The molecule has 3 rings (SSSR count). The third kappa shape index (κ3) is 4.24. The van der Waals surface area contributed by atoms with Crippen LogP contribution in [-0.4, -0.2) is 15.8 Å². The van der Waals surface area contributed by atoms with Gasteiger partial charge in [-0.2, -0.15) is 0 Å². The highest BCUT2D eigenvalue weighted by Crippen LogP contribution is 2.18. The zero-order valence-corrected chi connectivity index (χ0v) is 15.7. The Kier molecular flexibility index (Phi) is 5.82. The van der Waals surface area contributed by atoms with Gasteiger partial charge in [-0.05, 0) is 35.9 Å². The summed E-state index contributed by atoms with van der Waals surface area (Å²) in [5.74, 6) is -0.444. The highest BCUT2D eigenvalue weighted by molar-refractivity contribution is 6.33. The van der Waals surface area contributed by atoms with Crippen LogP contribution in [0, 0.1) is 0 Å². The van der Waals surface area contributed by atoms with Crippen LogP contribution < -0.4 is 16.1 Å². The van der Waals surface area contributed by atoms with Crippen molar-refractivity contribution in [2.75, 3.05) is 0 Å². The molecular formula is C23H17ClN2O2. The maximum atomic E-state index is 13.0. The Balaban J connectivity index is 2.27. The third-order valence-electron chi connectivity index (χ3n) is 4.04. The average molecular weight is 389 g/mol. The number of halogens is 1. The highest BCUT2D eigenvalue weighted by Gasteiger charge is 2.17. The third-order valence-corrected chi connectivity index (χ3v) is 4.15. The van der Waals surface area contributed by atoms with Crippen LogP contribution in [0.3, 0.4) is 0 Å². The number of nitrogens with zero attached hydrogens (tertiary/aromatic N) is 1. The molecule has 0 amide bonds. The van der Waals surface area contributed by atoms with Gasteiger partial charge in [0.1, 0.15) is 0 Å². The maximum absolute atomic E-state index is 13.0. The Bertz CT molecular complexity index is 1230. The molecule has 5 heteroatoms. The molecule has 2 heterocycles. The van der Waals surface area contributed by atoms with Gasteiger partial charge in [0.25, 0.3) is 5.56 Å². The molecule has 0 radical (unpaired) electrons. The lowest BCUT2D eigenvalue weighted by Crippen LogP contribution is -2.38. The Morgan fingerprint density at radius 1 is 1.11 bits per heavy atom. The van der Waals surface area contributed by atoms with Crippen LogP contribution in [0.2, 0.25) is 0 Å². The number of aromatic amines is 1. The van der Waals surface area contributed by atoms with Gasteiger partial charge in [-0.25, -0.2) is 0 Å². The topological polar surface area (TPSA) is 62.8 Å². The number of carbonyl (C=O) groups excluding carboxylic acids is 1. The molecule has 0 aliphatic rings. The zero-order valence-electron chi connectivity index (χ0n) is 15.0. The molecule has 0 fully saturated rings. The van der Waals surface area contributed by atoms with Crippen LogP contribution in [0.1, 0.15) is 16.1 Å². The number of hydrogen-bond acceptors (Lipinski definition) is 3. The van der Waals surface area contributed by atoms with E-state index in [4.69, 9.17) is 11.6 Å². The van der Waals surface area contributed by atoms with E-state index < -0.39 is 11.3 Å². The Morgan fingerprint density at radius 2 is 1.82 bits per heavy atom. The number of nitrogens with one attached hydrogen (secondary N) is 1. The first-order chi connectivity index (χ1) is 13.5. The van der Waals surface area contributed by atoms with E-state index in [9.17, 15) is 9.59 Å². The summed E-state index contributed by atoms with van der Waals surface area (Å²) in [4.78, 5) is 32.4. The summed E-state index contributed by atoms with van der Waals surface area (Å²) in [5, 5.41) is 1.16. The molecular weight excluding hydrogens is 372 g/mol. The van der Waals surface area contributed by atoms with E-state index in [0.29, 0.717) is 27.4 Å². The number of hydrogen-bond donors (Lipinski definition) is 1. The molecule has 0 atom stereocenters. The fourth-order valence-corrected chi connectivity index (χ4v) is 2.95. The quantitative estimate of drug-likeness (QED) is 0.539. The van der Waals surface area contributed by atoms with E-state index in [-0.39, 0.29) is 10.6 Å². The second-order valence-corrected chi connectivity index (χ2v) is 6.49. The average Bonchev–Trinajstić information content (AvgIpc) is 2.69. The lowest BCUT2D eigenvalue weighted by molar-refractivity contribution is 0.104. The fraction of sp³-hybridized carbons (Fsp3) is 0. The molecule has 1 N–H and O–H groups in total. The van der Waals surface area contributed by atoms with E-state index in [1.54, 1.807) is 30.5 Å². The predicted molar refractivity (Wildman–Crippen MR) is 114 cm³/mol. The zero-order chi connectivity index (χ0) is 20.1. The summed E-state index contributed by atoms with van der Waals surface area (Å²) in [5.41, 5.74) is 1.28. The Morgan fingerprint density at radius 3 is 2.46 bits per heavy atom. The van der Waals surface area contributed by atoms with Gasteiger partial charge in [0, 0.05) is 27.4 Å². The number of aromatic nitrogens is 2. The second-order valence-electron chi connectivity index (χ2n) is 6.01. The molecule has 2 aromatic heterocycles. The molecule has 0 saturated carbocycles. The van der Waals surface area contributed by atoms with Crippen molar-refractivity contribution >= 4 is 36.1 Å². The molecule has 0 spiro atoms. The lowest BCUT2D eigenvalue weighted by atomic mass is 9.95. The predicted octanol–water partition coefficient (Wildman–Crippen LogP) is 3.28. The molecule has 138 valence electrons. The van der Waals surface area contributed by atoms with Crippen molar-refractivity contribution in [2.45, 2.75) is 0 Å². The first-order valence-corrected chi connectivity index (χ1v) is 8.85. The fourth-order valence-electron chi connectivity index (χ4n) is 2.84. The standard InChI is InChI=1S/C23H17ClN2O2/c1-15(24)14-19-16(2)26-23(28)22(21(19)17-8-4-3-5-9-17)20(27)12-11-18-10-6-7-13-25-18/h3-14H,1-2H2,(H,26,28)/b12-11+,19-14+. The number of rotatable bonds is 5. The SMILES string of the molecule is C=C(Cl)/C=c1/c(-c2ccccc2)c(C(=O)/C=C/c2ccccn2)c(=O)[nH]c1=C. The van der Waals surface area contributed by atoms with Gasteiger partial charge in [-0.15, -0.1) is 0 Å². The Labute approximate surface area is 166 Å². The van der Waals surface area contributed by atoms with Gasteiger partial charge in [0.15, 0.2) is 5.78 Å². The smallest absolute Gasteiger partial charge is 0.260 e. The van der Waals surface area contributed by atoms with Gasteiger partial charge in [-0.3, -0.25) is 14.6 Å². The number of H-pyrrole nitrogens is 1. The highest BCUT2D eigenvalue weighted by atomic mass is 35.5. The molecule has 3 aromatic rings. The van der Waals surface area contributed by atoms with Crippen molar-refractivity contribution in [3.8, 4) is 11.1 Å². The van der Waals surface area contributed by atoms with Crippen LogP contribution in [0.4, 0.5) is 0 Å². The van der Waals surface area contributed by atoms with Crippen LogP contribution in [0.15, 0.2) is 77.2 Å². The number of pyridine rings is 2. The summed E-state index contributed by atoms with van der Waals surface area (Å²) in [6.07, 6.45) is 6.12. The van der Waals surface area contributed by atoms with E-state index in [1.807, 2.05) is 36.4 Å². The van der Waals surface area contributed by atoms with Gasteiger partial charge in [0.05, 0.1) is 11.3 Å². The van der Waals surface area contributed by atoms with Crippen LogP contribution in [-0.2, 0) is 0 Å². The minimum absolute atomic E-state index is 0.00921. The summed E-state index contributed by atoms with van der Waals surface area (Å²) < 4.78 is 0. The minimum Gasteiger partial charge on any atom is -0.322 e. The summed E-state index contributed by atoms with van der Waals surface area (Å²) in [7, 11) is 0. The molecule has 0 saturated heterocycles. The van der Waals surface area contributed by atoms with Crippen molar-refractivity contribution in [1.29, 1.82) is 0 Å². The van der Waals surface area contributed by atoms with Gasteiger partial charge in [0.2, 0.25) is 0 Å². The lowest BCUT2D eigenvalue weighted by Gasteiger charge is -2.09. The van der Waals surface area contributed by atoms with Crippen molar-refractivity contribution in [2.24, 2.45) is 0 Å². The maximum Gasteiger partial charge on any atom is 0.260 e. The second kappa shape index (κ2) is 8.46. The van der Waals surface area contributed by atoms with Crippen LogP contribution in [0.25, 0.3) is 29.9 Å².